The predicted molar refractivity (Wildman–Crippen MR) is 98.6 cm³/mol. The average Bonchev–Trinajstić information content (AvgIpc) is 3.06. The molecule has 0 saturated carbocycles. The number of carbonyl (C=O) groups is 2. The third-order valence-corrected chi connectivity index (χ3v) is 4.08. The van der Waals surface area contributed by atoms with Crippen molar-refractivity contribution in [2.24, 2.45) is 0 Å². The van der Waals surface area contributed by atoms with Gasteiger partial charge in [0.15, 0.2) is 5.69 Å². The Morgan fingerprint density at radius 2 is 2.07 bits per heavy atom. The van der Waals surface area contributed by atoms with E-state index in [2.05, 4.69) is 10.3 Å². The first-order valence-corrected chi connectivity index (χ1v) is 9.41. The predicted octanol–water partition coefficient (Wildman–Crippen LogP) is 2.26. The van der Waals surface area contributed by atoms with E-state index in [4.69, 9.17) is 18.9 Å². The van der Waals surface area contributed by atoms with Gasteiger partial charge in [-0.15, -0.1) is 11.3 Å². The van der Waals surface area contributed by atoms with Crippen LogP contribution in [0.2, 0.25) is 0 Å². The fourth-order valence-electron chi connectivity index (χ4n) is 2.04. The summed E-state index contributed by atoms with van der Waals surface area (Å²) in [4.78, 5) is 28.3. The molecule has 0 aliphatic rings. The lowest BCUT2D eigenvalue weighted by atomic mass is 10.1. The van der Waals surface area contributed by atoms with Crippen molar-refractivity contribution in [1.82, 2.24) is 10.3 Å². The summed E-state index contributed by atoms with van der Waals surface area (Å²) in [7, 11) is 1.47. The maximum atomic E-state index is 12.2. The van der Waals surface area contributed by atoms with Gasteiger partial charge in [-0.3, -0.25) is 0 Å². The minimum atomic E-state index is -0.670. The second kappa shape index (κ2) is 11.2. The molecule has 0 saturated heterocycles. The van der Waals surface area contributed by atoms with Crippen molar-refractivity contribution in [2.45, 2.75) is 51.9 Å². The second-order valence-electron chi connectivity index (χ2n) is 6.60. The highest BCUT2D eigenvalue weighted by molar-refractivity contribution is 7.09. The maximum Gasteiger partial charge on any atom is 0.408 e. The molecule has 0 unspecified atom stereocenters. The van der Waals surface area contributed by atoms with Crippen LogP contribution in [0.3, 0.4) is 0 Å². The number of hydrogen-bond donors (Lipinski definition) is 2. The molecule has 0 bridgehead atoms. The van der Waals surface area contributed by atoms with E-state index in [0.717, 1.165) is 0 Å². The molecule has 1 aromatic rings. The standard InChI is InChI=1S/C17H28N2O7S/c1-6-24-15(21)13-9-27-14(18-13)12(7-11(8-20)25-10-23-5)19-16(22)26-17(2,3)4/h9,11-12,20H,6-8,10H2,1-5H3,(H,19,22)/t11-,12-/m0/s1. The SMILES string of the molecule is CCOC(=O)c1csc([C@H](C[C@@H](CO)OCOC)NC(=O)OC(C)(C)C)n1. The number of methoxy groups -OCH3 is 1. The molecule has 0 aliphatic heterocycles. The molecule has 0 fully saturated rings. The molecule has 1 heterocycles. The van der Waals surface area contributed by atoms with Gasteiger partial charge in [0.2, 0.25) is 0 Å². The number of esters is 1. The van der Waals surface area contributed by atoms with Crippen molar-refractivity contribution >= 4 is 23.4 Å². The van der Waals surface area contributed by atoms with Crippen LogP contribution in [0.1, 0.15) is 55.7 Å². The zero-order valence-corrected chi connectivity index (χ0v) is 17.1. The van der Waals surface area contributed by atoms with Crippen molar-refractivity contribution < 1.29 is 33.6 Å². The maximum absolute atomic E-state index is 12.2. The molecule has 0 aliphatic carbocycles. The molecule has 1 amide bonds. The Bertz CT molecular complexity index is 600. The quantitative estimate of drug-likeness (QED) is 0.451. The third kappa shape index (κ3) is 8.65. The molecule has 10 heteroatoms. The molecule has 0 radical (unpaired) electrons. The summed E-state index contributed by atoms with van der Waals surface area (Å²) in [5, 5.41) is 14.3. The van der Waals surface area contributed by atoms with Crippen LogP contribution < -0.4 is 5.32 Å². The molecule has 2 atom stereocenters. The Morgan fingerprint density at radius 3 is 2.63 bits per heavy atom. The Morgan fingerprint density at radius 1 is 1.37 bits per heavy atom. The summed E-state index contributed by atoms with van der Waals surface area (Å²) in [6, 6.07) is -0.623. The third-order valence-electron chi connectivity index (χ3n) is 3.12. The van der Waals surface area contributed by atoms with Crippen LogP contribution in [0.25, 0.3) is 0 Å². The number of rotatable bonds is 10. The lowest BCUT2D eigenvalue weighted by Gasteiger charge is -2.25. The minimum absolute atomic E-state index is 0.00364. The molecule has 154 valence electrons. The van der Waals surface area contributed by atoms with Gasteiger partial charge in [-0.1, -0.05) is 0 Å². The number of nitrogens with one attached hydrogen (secondary N) is 1. The second-order valence-corrected chi connectivity index (χ2v) is 7.49. The van der Waals surface area contributed by atoms with Gasteiger partial charge in [-0.25, -0.2) is 14.6 Å². The lowest BCUT2D eigenvalue weighted by molar-refractivity contribution is -0.0919. The van der Waals surface area contributed by atoms with Gasteiger partial charge in [0.25, 0.3) is 0 Å². The summed E-state index contributed by atoms with van der Waals surface area (Å²) >= 11 is 1.20. The van der Waals surface area contributed by atoms with Crippen LogP contribution in [0.4, 0.5) is 4.79 Å². The molecule has 1 rings (SSSR count). The molecule has 27 heavy (non-hydrogen) atoms. The van der Waals surface area contributed by atoms with E-state index in [1.54, 1.807) is 33.1 Å². The van der Waals surface area contributed by atoms with E-state index in [-0.39, 0.29) is 32.1 Å². The minimum Gasteiger partial charge on any atom is -0.461 e. The van der Waals surface area contributed by atoms with E-state index in [0.29, 0.717) is 5.01 Å². The summed E-state index contributed by atoms with van der Waals surface area (Å²) in [6.45, 7) is 6.92. The van der Waals surface area contributed by atoms with Crippen LogP contribution in [0, 0.1) is 0 Å². The number of thiazole rings is 1. The highest BCUT2D eigenvalue weighted by Gasteiger charge is 2.26. The van der Waals surface area contributed by atoms with Crippen molar-refractivity contribution in [1.29, 1.82) is 0 Å². The fourth-order valence-corrected chi connectivity index (χ4v) is 2.89. The fraction of sp³-hybridized carbons (Fsp3) is 0.706. The zero-order valence-electron chi connectivity index (χ0n) is 16.3. The van der Waals surface area contributed by atoms with Gasteiger partial charge < -0.3 is 29.4 Å². The number of carbonyl (C=O) groups excluding carboxylic acids is 2. The number of hydrogen-bond acceptors (Lipinski definition) is 9. The van der Waals surface area contributed by atoms with E-state index < -0.39 is 29.8 Å². The van der Waals surface area contributed by atoms with Crippen LogP contribution in [0.15, 0.2) is 5.38 Å². The van der Waals surface area contributed by atoms with E-state index in [9.17, 15) is 14.7 Å². The van der Waals surface area contributed by atoms with Gasteiger partial charge in [0.1, 0.15) is 17.4 Å². The monoisotopic (exact) mass is 404 g/mol. The Balaban J connectivity index is 2.95. The highest BCUT2D eigenvalue weighted by Crippen LogP contribution is 2.25. The van der Waals surface area contributed by atoms with Gasteiger partial charge in [0, 0.05) is 18.9 Å². The summed E-state index contributed by atoms with van der Waals surface area (Å²) in [6.07, 6.45) is -1.02. The first-order chi connectivity index (χ1) is 12.7. The van der Waals surface area contributed by atoms with Crippen LogP contribution in [-0.4, -0.2) is 61.0 Å². The average molecular weight is 404 g/mol. The van der Waals surface area contributed by atoms with Gasteiger partial charge in [0.05, 0.1) is 25.4 Å². The number of nitrogens with zero attached hydrogens (tertiary/aromatic N) is 1. The largest absolute Gasteiger partial charge is 0.461 e. The number of alkyl carbamates (subject to hydrolysis) is 1. The highest BCUT2D eigenvalue weighted by atomic mass is 32.1. The molecule has 9 nitrogen and oxygen atoms in total. The first-order valence-electron chi connectivity index (χ1n) is 8.53. The molecule has 0 aromatic carbocycles. The number of aromatic nitrogens is 1. The van der Waals surface area contributed by atoms with Crippen LogP contribution in [0.5, 0.6) is 0 Å². The smallest absolute Gasteiger partial charge is 0.408 e. The van der Waals surface area contributed by atoms with Crippen LogP contribution in [-0.2, 0) is 18.9 Å². The van der Waals surface area contributed by atoms with Crippen molar-refractivity contribution in [3.63, 3.8) is 0 Å². The Kier molecular flexibility index (Phi) is 9.64. The Hall–Kier alpha value is -1.75. The lowest BCUT2D eigenvalue weighted by Crippen LogP contribution is -2.37. The van der Waals surface area contributed by atoms with E-state index in [1.165, 1.54) is 18.4 Å². The molecule has 1 aromatic heterocycles. The van der Waals surface area contributed by atoms with Gasteiger partial charge in [-0.2, -0.15) is 0 Å². The van der Waals surface area contributed by atoms with E-state index in [1.807, 2.05) is 0 Å². The Labute approximate surface area is 163 Å². The molecular weight excluding hydrogens is 376 g/mol. The number of aliphatic hydroxyl groups is 1. The molecule has 0 spiro atoms. The molecule has 2 N–H and O–H groups in total. The number of amides is 1. The number of ether oxygens (including phenoxy) is 4. The van der Waals surface area contributed by atoms with Gasteiger partial charge >= 0.3 is 12.1 Å². The van der Waals surface area contributed by atoms with E-state index >= 15 is 0 Å². The summed E-state index contributed by atoms with van der Waals surface area (Å²) in [5.41, 5.74) is -0.512. The number of aliphatic hydroxyl groups excluding tert-OH is 1. The summed E-state index contributed by atoms with van der Waals surface area (Å²) < 4.78 is 20.5. The van der Waals surface area contributed by atoms with Crippen LogP contribution >= 0.6 is 11.3 Å². The first kappa shape index (κ1) is 23.3. The van der Waals surface area contributed by atoms with Crippen molar-refractivity contribution in [2.75, 3.05) is 27.1 Å². The molecular formula is C17H28N2O7S. The van der Waals surface area contributed by atoms with Gasteiger partial charge in [-0.05, 0) is 27.7 Å². The topological polar surface area (TPSA) is 116 Å². The van der Waals surface area contributed by atoms with Crippen molar-refractivity contribution in [3.8, 4) is 0 Å². The zero-order chi connectivity index (χ0) is 20.4. The summed E-state index contributed by atoms with van der Waals surface area (Å²) in [5.74, 6) is -0.537. The van der Waals surface area contributed by atoms with Crippen molar-refractivity contribution in [3.05, 3.63) is 16.1 Å². The normalized spacial score (nSPS) is 13.7.